The molecule has 1 aromatic rings. The first-order valence-electron chi connectivity index (χ1n) is 6.43. The molecule has 1 N–H and O–H groups in total. The van der Waals surface area contributed by atoms with E-state index < -0.39 is 12.5 Å². The first-order valence-corrected chi connectivity index (χ1v) is 6.43. The van der Waals surface area contributed by atoms with E-state index in [1.807, 2.05) is 20.8 Å². The molecule has 0 heterocycles. The predicted octanol–water partition coefficient (Wildman–Crippen LogP) is 4.31. The number of aliphatic hydroxyl groups is 1. The van der Waals surface area contributed by atoms with Crippen LogP contribution in [0.4, 0.5) is 13.2 Å². The number of rotatable bonds is 5. The number of ether oxygens (including phenoxy) is 1. The molecule has 110 valence electrons. The molecule has 1 rings (SSSR count). The number of hydrogen-bond donors (Lipinski definition) is 1. The molecule has 0 saturated carbocycles. The van der Waals surface area contributed by atoms with Gasteiger partial charge in [-0.25, -0.2) is 0 Å². The third-order valence-electron chi connectivity index (χ3n) is 2.23. The smallest absolute Gasteiger partial charge is 0.406 e. The van der Waals surface area contributed by atoms with E-state index in [0.717, 1.165) is 6.42 Å². The van der Waals surface area contributed by atoms with Crippen molar-refractivity contribution in [1.82, 2.24) is 0 Å². The number of benzene rings is 1. The lowest BCUT2D eigenvalue weighted by Crippen LogP contribution is -2.17. The highest BCUT2D eigenvalue weighted by atomic mass is 19.4. The Morgan fingerprint density at radius 3 is 2.42 bits per heavy atom. The second-order valence-corrected chi connectivity index (χ2v) is 3.84. The summed E-state index contributed by atoms with van der Waals surface area (Å²) in [5.74, 6) is -0.251. The second-order valence-electron chi connectivity index (χ2n) is 3.84. The lowest BCUT2D eigenvalue weighted by molar-refractivity contribution is -0.274. The van der Waals surface area contributed by atoms with Gasteiger partial charge < -0.3 is 9.84 Å². The molecule has 1 unspecified atom stereocenters. The fourth-order valence-electron chi connectivity index (χ4n) is 1.58. The van der Waals surface area contributed by atoms with Crippen LogP contribution in [0.5, 0.6) is 5.75 Å². The SMILES string of the molecule is CC.CCCC(O)Cc1cccc(OC(F)(F)F)c1. The van der Waals surface area contributed by atoms with Gasteiger partial charge in [-0.1, -0.05) is 39.3 Å². The summed E-state index contributed by atoms with van der Waals surface area (Å²) in [5, 5.41) is 9.56. The van der Waals surface area contributed by atoms with Crippen molar-refractivity contribution in [3.05, 3.63) is 29.8 Å². The van der Waals surface area contributed by atoms with Crippen LogP contribution < -0.4 is 4.74 Å². The Kier molecular flexibility index (Phi) is 8.23. The van der Waals surface area contributed by atoms with Crippen LogP contribution in [-0.4, -0.2) is 17.6 Å². The summed E-state index contributed by atoms with van der Waals surface area (Å²) in [4.78, 5) is 0. The molecule has 0 spiro atoms. The van der Waals surface area contributed by atoms with Gasteiger partial charge in [0.25, 0.3) is 0 Å². The molecule has 0 radical (unpaired) electrons. The van der Waals surface area contributed by atoms with E-state index >= 15 is 0 Å². The molecule has 0 amide bonds. The van der Waals surface area contributed by atoms with Crippen LogP contribution in [0.15, 0.2) is 24.3 Å². The Morgan fingerprint density at radius 1 is 1.26 bits per heavy atom. The predicted molar refractivity (Wildman–Crippen MR) is 69.1 cm³/mol. The van der Waals surface area contributed by atoms with Gasteiger partial charge in [0.05, 0.1) is 6.10 Å². The average molecular weight is 278 g/mol. The van der Waals surface area contributed by atoms with Crippen molar-refractivity contribution >= 4 is 0 Å². The van der Waals surface area contributed by atoms with Crippen molar-refractivity contribution in [2.75, 3.05) is 0 Å². The quantitative estimate of drug-likeness (QED) is 0.869. The van der Waals surface area contributed by atoms with Crippen molar-refractivity contribution < 1.29 is 23.0 Å². The van der Waals surface area contributed by atoms with Gasteiger partial charge in [-0.2, -0.15) is 0 Å². The van der Waals surface area contributed by atoms with Crippen LogP contribution in [0.1, 0.15) is 39.2 Å². The summed E-state index contributed by atoms with van der Waals surface area (Å²) in [6.07, 6.45) is -3.41. The summed E-state index contributed by atoms with van der Waals surface area (Å²) in [6, 6.07) is 5.69. The summed E-state index contributed by atoms with van der Waals surface area (Å²) in [7, 11) is 0. The van der Waals surface area contributed by atoms with Crippen molar-refractivity contribution in [1.29, 1.82) is 0 Å². The normalized spacial score (nSPS) is 12.4. The lowest BCUT2D eigenvalue weighted by atomic mass is 10.0. The molecule has 1 atom stereocenters. The molecule has 2 nitrogen and oxygen atoms in total. The fourth-order valence-corrected chi connectivity index (χ4v) is 1.58. The van der Waals surface area contributed by atoms with Gasteiger partial charge >= 0.3 is 6.36 Å². The maximum atomic E-state index is 12.0. The Balaban J connectivity index is 0.00000154. The van der Waals surface area contributed by atoms with Gasteiger partial charge in [-0.3, -0.25) is 0 Å². The molecule has 19 heavy (non-hydrogen) atoms. The third-order valence-corrected chi connectivity index (χ3v) is 2.23. The van der Waals surface area contributed by atoms with E-state index in [9.17, 15) is 18.3 Å². The number of aliphatic hydroxyl groups excluding tert-OH is 1. The van der Waals surface area contributed by atoms with E-state index in [0.29, 0.717) is 18.4 Å². The number of alkyl halides is 3. The highest BCUT2D eigenvalue weighted by Crippen LogP contribution is 2.23. The minimum absolute atomic E-state index is 0.251. The van der Waals surface area contributed by atoms with E-state index in [-0.39, 0.29) is 5.75 Å². The highest BCUT2D eigenvalue weighted by molar-refractivity contribution is 5.29. The van der Waals surface area contributed by atoms with Gasteiger partial charge in [0, 0.05) is 0 Å². The van der Waals surface area contributed by atoms with Gasteiger partial charge in [0.1, 0.15) is 5.75 Å². The summed E-state index contributed by atoms with van der Waals surface area (Å²) >= 11 is 0. The van der Waals surface area contributed by atoms with Crippen LogP contribution in [-0.2, 0) is 6.42 Å². The van der Waals surface area contributed by atoms with E-state index in [4.69, 9.17) is 0 Å². The summed E-state index contributed by atoms with van der Waals surface area (Å²) < 4.78 is 39.8. The monoisotopic (exact) mass is 278 g/mol. The molecule has 1 aromatic carbocycles. The first-order chi connectivity index (χ1) is 8.90. The zero-order valence-electron chi connectivity index (χ0n) is 11.5. The van der Waals surface area contributed by atoms with E-state index in [1.54, 1.807) is 6.07 Å². The van der Waals surface area contributed by atoms with E-state index in [1.165, 1.54) is 18.2 Å². The Labute approximate surface area is 112 Å². The molecular weight excluding hydrogens is 257 g/mol. The minimum atomic E-state index is -4.68. The molecular formula is C14H21F3O2. The number of hydrogen-bond acceptors (Lipinski definition) is 2. The fraction of sp³-hybridized carbons (Fsp3) is 0.571. The summed E-state index contributed by atoms with van der Waals surface area (Å²) in [6.45, 7) is 5.94. The Bertz CT molecular complexity index is 351. The van der Waals surface area contributed by atoms with Crippen LogP contribution in [0.3, 0.4) is 0 Å². The molecule has 0 aromatic heterocycles. The average Bonchev–Trinajstić information content (AvgIpc) is 2.30. The van der Waals surface area contributed by atoms with Crippen molar-refractivity contribution in [2.24, 2.45) is 0 Å². The molecule has 0 bridgehead atoms. The maximum Gasteiger partial charge on any atom is 0.573 e. The second kappa shape index (κ2) is 8.80. The van der Waals surface area contributed by atoms with Gasteiger partial charge in [-0.15, -0.1) is 13.2 Å². The van der Waals surface area contributed by atoms with Crippen molar-refractivity contribution in [3.8, 4) is 5.75 Å². The highest BCUT2D eigenvalue weighted by Gasteiger charge is 2.31. The van der Waals surface area contributed by atoms with Crippen LogP contribution >= 0.6 is 0 Å². The zero-order valence-corrected chi connectivity index (χ0v) is 11.5. The van der Waals surface area contributed by atoms with Crippen molar-refractivity contribution in [3.63, 3.8) is 0 Å². The van der Waals surface area contributed by atoms with Gasteiger partial charge in [0.2, 0.25) is 0 Å². The van der Waals surface area contributed by atoms with Crippen LogP contribution in [0.25, 0.3) is 0 Å². The lowest BCUT2D eigenvalue weighted by Gasteiger charge is -2.12. The molecule has 0 aliphatic heterocycles. The molecule has 0 fully saturated rings. The first kappa shape index (κ1) is 17.8. The summed E-state index contributed by atoms with van der Waals surface area (Å²) in [5.41, 5.74) is 0.632. The number of halogens is 3. The molecule has 0 aliphatic rings. The Morgan fingerprint density at radius 2 is 1.89 bits per heavy atom. The standard InChI is InChI=1S/C12H15F3O2.C2H6/c1-2-4-10(16)7-9-5-3-6-11(8-9)17-12(13,14)15;1-2/h3,5-6,8,10,16H,2,4,7H2,1H3;1-2H3. The van der Waals surface area contributed by atoms with Gasteiger partial charge in [-0.05, 0) is 30.5 Å². The third kappa shape index (κ3) is 8.48. The zero-order chi connectivity index (χ0) is 14.9. The van der Waals surface area contributed by atoms with Crippen LogP contribution in [0, 0.1) is 0 Å². The molecule has 5 heteroatoms. The van der Waals surface area contributed by atoms with E-state index in [2.05, 4.69) is 4.74 Å². The minimum Gasteiger partial charge on any atom is -0.406 e. The van der Waals surface area contributed by atoms with Crippen LogP contribution in [0.2, 0.25) is 0 Å². The molecule has 0 aliphatic carbocycles. The maximum absolute atomic E-state index is 12.0. The largest absolute Gasteiger partial charge is 0.573 e. The van der Waals surface area contributed by atoms with Crippen molar-refractivity contribution in [2.45, 2.75) is 52.5 Å². The topological polar surface area (TPSA) is 29.5 Å². The molecule has 0 saturated heterocycles. The van der Waals surface area contributed by atoms with Gasteiger partial charge in [0.15, 0.2) is 0 Å². The Hall–Kier alpha value is -1.23.